The van der Waals surface area contributed by atoms with Crippen LogP contribution in [0.15, 0.2) is 0 Å². The van der Waals surface area contributed by atoms with Gasteiger partial charge in [-0.05, 0) is 31.1 Å². The maximum atomic E-state index is 12.2. The molecule has 3 N–H and O–H groups in total. The van der Waals surface area contributed by atoms with Crippen LogP contribution in [-0.2, 0) is 0 Å². The van der Waals surface area contributed by atoms with E-state index in [0.29, 0.717) is 5.92 Å². The summed E-state index contributed by atoms with van der Waals surface area (Å²) in [4.78, 5) is 0. The van der Waals surface area contributed by atoms with Crippen molar-refractivity contribution in [2.24, 2.45) is 17.7 Å². The van der Waals surface area contributed by atoms with Crippen LogP contribution in [0.3, 0.4) is 0 Å². The van der Waals surface area contributed by atoms with Crippen LogP contribution < -0.4 is 11.3 Å². The monoisotopic (exact) mass is 266 g/mol. The van der Waals surface area contributed by atoms with E-state index in [4.69, 9.17) is 5.84 Å². The molecule has 1 aliphatic carbocycles. The standard InChI is InChI=1S/C13H25F3N2/c1-2-3-10-4-6-11(7-5-10)12(18-17)8-9-13(14,15)16/h10-12,18H,2-9,17H2,1H3. The molecule has 18 heavy (non-hydrogen) atoms. The van der Waals surface area contributed by atoms with Gasteiger partial charge in [0.1, 0.15) is 0 Å². The molecule has 0 aromatic heterocycles. The third-order valence-electron chi connectivity index (χ3n) is 4.11. The number of nitrogens with two attached hydrogens (primary N) is 1. The minimum atomic E-state index is -4.07. The lowest BCUT2D eigenvalue weighted by atomic mass is 9.76. The molecule has 108 valence electrons. The average Bonchev–Trinajstić information content (AvgIpc) is 2.31. The van der Waals surface area contributed by atoms with Gasteiger partial charge in [0.05, 0.1) is 0 Å². The second-order valence-corrected chi connectivity index (χ2v) is 5.50. The van der Waals surface area contributed by atoms with Gasteiger partial charge in [-0.3, -0.25) is 11.3 Å². The predicted molar refractivity (Wildman–Crippen MR) is 66.8 cm³/mol. The first-order chi connectivity index (χ1) is 8.46. The van der Waals surface area contributed by atoms with E-state index < -0.39 is 12.6 Å². The number of alkyl halides is 3. The molecule has 2 nitrogen and oxygen atoms in total. The van der Waals surface area contributed by atoms with Crippen molar-refractivity contribution in [1.82, 2.24) is 5.43 Å². The molecule has 1 rings (SSSR count). The molecule has 0 spiro atoms. The SMILES string of the molecule is CCCC1CCC(C(CCC(F)(F)F)NN)CC1. The second-order valence-electron chi connectivity index (χ2n) is 5.50. The van der Waals surface area contributed by atoms with Crippen molar-refractivity contribution in [3.63, 3.8) is 0 Å². The van der Waals surface area contributed by atoms with Crippen molar-refractivity contribution in [1.29, 1.82) is 0 Å². The van der Waals surface area contributed by atoms with Crippen LogP contribution in [-0.4, -0.2) is 12.2 Å². The number of nitrogens with one attached hydrogen (secondary N) is 1. The summed E-state index contributed by atoms with van der Waals surface area (Å²) in [7, 11) is 0. The van der Waals surface area contributed by atoms with Crippen molar-refractivity contribution < 1.29 is 13.2 Å². The molecule has 1 fully saturated rings. The van der Waals surface area contributed by atoms with Gasteiger partial charge in [0.25, 0.3) is 0 Å². The molecule has 0 bridgehead atoms. The number of hydrogen-bond acceptors (Lipinski definition) is 2. The third kappa shape index (κ3) is 5.57. The van der Waals surface area contributed by atoms with Crippen LogP contribution in [0.1, 0.15) is 58.3 Å². The van der Waals surface area contributed by atoms with Crippen LogP contribution in [0.4, 0.5) is 13.2 Å². The van der Waals surface area contributed by atoms with Gasteiger partial charge in [-0.15, -0.1) is 0 Å². The van der Waals surface area contributed by atoms with Crippen LogP contribution in [0.5, 0.6) is 0 Å². The molecule has 1 atom stereocenters. The van der Waals surface area contributed by atoms with E-state index in [2.05, 4.69) is 12.3 Å². The maximum Gasteiger partial charge on any atom is 0.389 e. The lowest BCUT2D eigenvalue weighted by Crippen LogP contribution is -2.42. The Morgan fingerprint density at radius 1 is 1.22 bits per heavy atom. The van der Waals surface area contributed by atoms with Gasteiger partial charge in [-0.1, -0.05) is 32.6 Å². The molecule has 0 aliphatic heterocycles. The van der Waals surface area contributed by atoms with Crippen LogP contribution in [0, 0.1) is 11.8 Å². The molecule has 0 heterocycles. The van der Waals surface area contributed by atoms with Gasteiger partial charge in [0, 0.05) is 12.5 Å². The zero-order chi connectivity index (χ0) is 13.6. The molecule has 1 aliphatic rings. The highest BCUT2D eigenvalue weighted by Gasteiger charge is 2.32. The zero-order valence-electron chi connectivity index (χ0n) is 11.1. The Hall–Kier alpha value is -0.290. The van der Waals surface area contributed by atoms with Gasteiger partial charge in [-0.2, -0.15) is 13.2 Å². The minimum Gasteiger partial charge on any atom is -0.271 e. The summed E-state index contributed by atoms with van der Waals surface area (Å²) in [6.07, 6.45) is 2.03. The Labute approximate surface area is 107 Å². The Bertz CT molecular complexity index is 223. The van der Waals surface area contributed by atoms with Gasteiger partial charge < -0.3 is 0 Å². The molecule has 0 radical (unpaired) electrons. The Morgan fingerprint density at radius 2 is 1.83 bits per heavy atom. The first kappa shape index (κ1) is 15.8. The fourth-order valence-electron chi connectivity index (χ4n) is 3.06. The van der Waals surface area contributed by atoms with E-state index in [1.807, 2.05) is 0 Å². The predicted octanol–water partition coefficient (Wildman–Crippen LogP) is 3.77. The number of hydrazine groups is 1. The highest BCUT2D eigenvalue weighted by atomic mass is 19.4. The van der Waals surface area contributed by atoms with Crippen LogP contribution >= 0.6 is 0 Å². The van der Waals surface area contributed by atoms with E-state index in [1.54, 1.807) is 0 Å². The molecule has 1 unspecified atom stereocenters. The van der Waals surface area contributed by atoms with Crippen molar-refractivity contribution in [3.8, 4) is 0 Å². The summed E-state index contributed by atoms with van der Waals surface area (Å²) in [5.74, 6) is 6.49. The largest absolute Gasteiger partial charge is 0.389 e. The zero-order valence-corrected chi connectivity index (χ0v) is 11.1. The fraction of sp³-hybridized carbons (Fsp3) is 1.00. The lowest BCUT2D eigenvalue weighted by molar-refractivity contribution is -0.137. The topological polar surface area (TPSA) is 38.0 Å². The molecule has 0 amide bonds. The Kier molecular flexibility index (Phi) is 6.43. The summed E-state index contributed by atoms with van der Waals surface area (Å²) >= 11 is 0. The van der Waals surface area contributed by atoms with Crippen molar-refractivity contribution in [2.75, 3.05) is 0 Å². The van der Waals surface area contributed by atoms with Gasteiger partial charge in [0.15, 0.2) is 0 Å². The van der Waals surface area contributed by atoms with Crippen LogP contribution in [0.25, 0.3) is 0 Å². The quantitative estimate of drug-likeness (QED) is 0.567. The average molecular weight is 266 g/mol. The maximum absolute atomic E-state index is 12.2. The van der Waals surface area contributed by atoms with Gasteiger partial charge in [0.2, 0.25) is 0 Å². The number of halogens is 3. The molecule has 0 aromatic rings. The summed E-state index contributed by atoms with van der Waals surface area (Å²) in [5, 5.41) is 0. The van der Waals surface area contributed by atoms with Gasteiger partial charge in [-0.25, -0.2) is 0 Å². The Morgan fingerprint density at radius 3 is 2.28 bits per heavy atom. The van der Waals surface area contributed by atoms with Gasteiger partial charge >= 0.3 is 6.18 Å². The highest BCUT2D eigenvalue weighted by molar-refractivity contribution is 4.81. The minimum absolute atomic E-state index is 0.100. The second kappa shape index (κ2) is 7.34. The van der Waals surface area contributed by atoms with Crippen molar-refractivity contribution in [2.45, 2.75) is 70.5 Å². The van der Waals surface area contributed by atoms with E-state index in [0.717, 1.165) is 31.6 Å². The smallest absolute Gasteiger partial charge is 0.271 e. The summed E-state index contributed by atoms with van der Waals surface area (Å²) in [6.45, 7) is 2.18. The molecule has 5 heteroatoms. The first-order valence-corrected chi connectivity index (χ1v) is 6.99. The van der Waals surface area contributed by atoms with E-state index in [1.165, 1.54) is 12.8 Å². The Balaban J connectivity index is 2.34. The fourth-order valence-corrected chi connectivity index (χ4v) is 3.06. The molecule has 0 saturated heterocycles. The summed E-state index contributed by atoms with van der Waals surface area (Å²) in [5.41, 5.74) is 2.59. The molecular formula is C13H25F3N2. The highest BCUT2D eigenvalue weighted by Crippen LogP contribution is 2.35. The van der Waals surface area contributed by atoms with Crippen molar-refractivity contribution in [3.05, 3.63) is 0 Å². The van der Waals surface area contributed by atoms with Crippen molar-refractivity contribution >= 4 is 0 Å². The first-order valence-electron chi connectivity index (χ1n) is 6.99. The van der Waals surface area contributed by atoms with Crippen LogP contribution in [0.2, 0.25) is 0 Å². The molecule has 0 aromatic carbocycles. The molecule has 1 saturated carbocycles. The normalized spacial score (nSPS) is 27.2. The summed E-state index contributed by atoms with van der Waals surface area (Å²) in [6, 6.07) is -0.186. The lowest BCUT2D eigenvalue weighted by Gasteiger charge is -2.33. The number of hydrogen-bond donors (Lipinski definition) is 2. The number of rotatable bonds is 6. The van der Waals surface area contributed by atoms with E-state index in [-0.39, 0.29) is 12.5 Å². The van der Waals surface area contributed by atoms with E-state index in [9.17, 15) is 13.2 Å². The molecular weight excluding hydrogens is 241 g/mol. The summed E-state index contributed by atoms with van der Waals surface area (Å²) < 4.78 is 36.6. The third-order valence-corrected chi connectivity index (χ3v) is 4.11. The van der Waals surface area contributed by atoms with E-state index >= 15 is 0 Å².